The number of benzene rings is 2. The van der Waals surface area contributed by atoms with Gasteiger partial charge in [-0.2, -0.15) is 0 Å². The first-order valence-electron chi connectivity index (χ1n) is 9.10. The minimum absolute atomic E-state index is 0.156. The van der Waals surface area contributed by atoms with Crippen molar-refractivity contribution in [3.05, 3.63) is 63.6 Å². The summed E-state index contributed by atoms with van der Waals surface area (Å²) in [6.07, 6.45) is 0.428. The van der Waals surface area contributed by atoms with E-state index in [0.717, 1.165) is 0 Å². The van der Waals surface area contributed by atoms with Crippen LogP contribution in [0.5, 0.6) is 0 Å². The van der Waals surface area contributed by atoms with Crippen molar-refractivity contribution in [1.29, 1.82) is 0 Å². The molecular formula is C21H23Cl2N3O3. The second kappa shape index (κ2) is 10.3. The van der Waals surface area contributed by atoms with Gasteiger partial charge in [-0.15, -0.1) is 0 Å². The van der Waals surface area contributed by atoms with E-state index in [0.29, 0.717) is 22.7 Å². The van der Waals surface area contributed by atoms with Gasteiger partial charge in [-0.05, 0) is 48.7 Å². The monoisotopic (exact) mass is 435 g/mol. The third-order valence-corrected chi connectivity index (χ3v) is 4.67. The van der Waals surface area contributed by atoms with Crippen molar-refractivity contribution in [3.8, 4) is 0 Å². The molecule has 8 heteroatoms. The fraction of sp³-hybridized carbons (Fsp3) is 0.286. The molecule has 6 nitrogen and oxygen atoms in total. The van der Waals surface area contributed by atoms with Gasteiger partial charge < -0.3 is 16.0 Å². The first kappa shape index (κ1) is 22.7. The molecule has 0 aliphatic carbocycles. The molecule has 0 fully saturated rings. The van der Waals surface area contributed by atoms with Gasteiger partial charge in [-0.25, -0.2) is 0 Å². The largest absolute Gasteiger partial charge is 0.355 e. The highest BCUT2D eigenvalue weighted by atomic mass is 35.5. The quantitative estimate of drug-likeness (QED) is 0.610. The number of hydrogen-bond donors (Lipinski definition) is 3. The van der Waals surface area contributed by atoms with E-state index in [9.17, 15) is 14.4 Å². The Balaban J connectivity index is 2.17. The van der Waals surface area contributed by atoms with Gasteiger partial charge in [0.1, 0.15) is 6.04 Å². The molecule has 2 aromatic rings. The van der Waals surface area contributed by atoms with Crippen LogP contribution in [0, 0.1) is 5.92 Å². The second-order valence-corrected chi connectivity index (χ2v) is 7.77. The zero-order valence-electron chi connectivity index (χ0n) is 16.4. The van der Waals surface area contributed by atoms with Gasteiger partial charge >= 0.3 is 0 Å². The highest BCUT2D eigenvalue weighted by Crippen LogP contribution is 2.21. The van der Waals surface area contributed by atoms with Crippen LogP contribution < -0.4 is 16.0 Å². The number of amides is 3. The Kier molecular flexibility index (Phi) is 8.05. The molecular weight excluding hydrogens is 413 g/mol. The lowest BCUT2D eigenvalue weighted by Gasteiger charge is -2.21. The summed E-state index contributed by atoms with van der Waals surface area (Å²) in [6, 6.07) is 10.3. The molecule has 1 atom stereocenters. The Labute approximate surface area is 180 Å². The summed E-state index contributed by atoms with van der Waals surface area (Å²) >= 11 is 12.0. The lowest BCUT2D eigenvalue weighted by Crippen LogP contribution is -2.44. The highest BCUT2D eigenvalue weighted by Gasteiger charge is 2.24. The maximum absolute atomic E-state index is 12.8. The normalized spacial score (nSPS) is 11.7. The Morgan fingerprint density at radius 2 is 1.72 bits per heavy atom. The molecule has 3 N–H and O–H groups in total. The average Bonchev–Trinajstić information content (AvgIpc) is 2.66. The molecule has 2 aromatic carbocycles. The average molecular weight is 436 g/mol. The van der Waals surface area contributed by atoms with Gasteiger partial charge in [0.15, 0.2) is 0 Å². The molecule has 0 aliphatic rings. The predicted molar refractivity (Wildman–Crippen MR) is 116 cm³/mol. The van der Waals surface area contributed by atoms with Gasteiger partial charge in [-0.1, -0.05) is 43.1 Å². The smallest absolute Gasteiger partial charge is 0.253 e. The van der Waals surface area contributed by atoms with Crippen LogP contribution in [-0.4, -0.2) is 30.8 Å². The molecule has 0 radical (unpaired) electrons. The lowest BCUT2D eigenvalue weighted by molar-refractivity contribution is -0.118. The number of rotatable bonds is 7. The fourth-order valence-corrected chi connectivity index (χ4v) is 3.22. The third kappa shape index (κ3) is 6.48. The Bertz CT molecular complexity index is 916. The molecule has 2 rings (SSSR count). The van der Waals surface area contributed by atoms with E-state index < -0.39 is 11.9 Å². The first-order valence-corrected chi connectivity index (χ1v) is 9.85. The van der Waals surface area contributed by atoms with Gasteiger partial charge in [-0.3, -0.25) is 14.4 Å². The molecule has 0 bridgehead atoms. The van der Waals surface area contributed by atoms with E-state index in [-0.39, 0.29) is 28.3 Å². The predicted octanol–water partition coefficient (Wildman–Crippen LogP) is 4.14. The molecule has 0 aliphatic heterocycles. The van der Waals surface area contributed by atoms with Crippen molar-refractivity contribution in [2.75, 3.05) is 12.4 Å². The van der Waals surface area contributed by atoms with E-state index in [1.807, 2.05) is 13.8 Å². The van der Waals surface area contributed by atoms with Crippen molar-refractivity contribution in [2.45, 2.75) is 26.3 Å². The second-order valence-electron chi connectivity index (χ2n) is 6.93. The molecule has 0 saturated carbocycles. The van der Waals surface area contributed by atoms with Crippen LogP contribution in [0.25, 0.3) is 0 Å². The van der Waals surface area contributed by atoms with Gasteiger partial charge in [0, 0.05) is 23.3 Å². The van der Waals surface area contributed by atoms with Crippen LogP contribution >= 0.6 is 23.2 Å². The SMILES string of the molecule is CNC(=O)c1cccc(NC(=O)C(CC(C)C)NC(=O)c2ccc(Cl)cc2Cl)c1. The van der Waals surface area contributed by atoms with E-state index in [4.69, 9.17) is 23.2 Å². The molecule has 0 heterocycles. The van der Waals surface area contributed by atoms with E-state index in [2.05, 4.69) is 16.0 Å². The maximum Gasteiger partial charge on any atom is 0.253 e. The topological polar surface area (TPSA) is 87.3 Å². The Hall–Kier alpha value is -2.57. The lowest BCUT2D eigenvalue weighted by atomic mass is 10.0. The van der Waals surface area contributed by atoms with E-state index in [1.54, 1.807) is 30.3 Å². The van der Waals surface area contributed by atoms with Crippen molar-refractivity contribution < 1.29 is 14.4 Å². The Morgan fingerprint density at radius 1 is 1.00 bits per heavy atom. The van der Waals surface area contributed by atoms with Gasteiger partial charge in [0.05, 0.1) is 10.6 Å². The van der Waals surface area contributed by atoms with E-state index >= 15 is 0 Å². The highest BCUT2D eigenvalue weighted by molar-refractivity contribution is 6.36. The standard InChI is InChI=1S/C21H23Cl2N3O3/c1-12(2)9-18(26-20(28)16-8-7-14(22)11-17(16)23)21(29)25-15-6-4-5-13(10-15)19(27)24-3/h4-8,10-12,18H,9H2,1-3H3,(H,24,27)(H,25,29)(H,26,28). The van der Waals surface area contributed by atoms with Gasteiger partial charge in [0.25, 0.3) is 11.8 Å². The molecule has 0 aromatic heterocycles. The van der Waals surface area contributed by atoms with Crippen molar-refractivity contribution >= 4 is 46.6 Å². The van der Waals surface area contributed by atoms with Gasteiger partial charge in [0.2, 0.25) is 5.91 Å². The summed E-state index contributed by atoms with van der Waals surface area (Å²) in [4.78, 5) is 37.2. The van der Waals surface area contributed by atoms with Crippen molar-refractivity contribution in [1.82, 2.24) is 10.6 Å². The van der Waals surface area contributed by atoms with Crippen LogP contribution in [0.2, 0.25) is 10.0 Å². The fourth-order valence-electron chi connectivity index (χ4n) is 2.72. The third-order valence-electron chi connectivity index (χ3n) is 4.12. The molecule has 29 heavy (non-hydrogen) atoms. The van der Waals surface area contributed by atoms with Crippen LogP contribution in [-0.2, 0) is 4.79 Å². The summed E-state index contributed by atoms with van der Waals surface area (Å²) in [5.74, 6) is -0.952. The number of halogens is 2. The minimum atomic E-state index is -0.780. The number of anilines is 1. The summed E-state index contributed by atoms with van der Waals surface area (Å²) in [5, 5.41) is 8.65. The summed E-state index contributed by atoms with van der Waals surface area (Å²) in [6.45, 7) is 3.90. The zero-order chi connectivity index (χ0) is 21.6. The Morgan fingerprint density at radius 3 is 2.34 bits per heavy atom. The zero-order valence-corrected chi connectivity index (χ0v) is 17.9. The van der Waals surface area contributed by atoms with Crippen molar-refractivity contribution in [2.24, 2.45) is 5.92 Å². The van der Waals surface area contributed by atoms with Crippen molar-refractivity contribution in [3.63, 3.8) is 0 Å². The number of carbonyl (C=O) groups excluding carboxylic acids is 3. The van der Waals surface area contributed by atoms with Crippen LogP contribution in [0.4, 0.5) is 5.69 Å². The summed E-state index contributed by atoms with van der Waals surface area (Å²) in [7, 11) is 1.53. The molecule has 1 unspecified atom stereocenters. The molecule has 0 spiro atoms. The van der Waals surface area contributed by atoms with E-state index in [1.165, 1.54) is 19.2 Å². The number of carbonyl (C=O) groups is 3. The van der Waals surface area contributed by atoms with Crippen LogP contribution in [0.3, 0.4) is 0 Å². The maximum atomic E-state index is 12.8. The minimum Gasteiger partial charge on any atom is -0.355 e. The number of hydrogen-bond acceptors (Lipinski definition) is 3. The molecule has 0 saturated heterocycles. The summed E-state index contributed by atoms with van der Waals surface area (Å²) in [5.41, 5.74) is 1.12. The van der Waals surface area contributed by atoms with Crippen LogP contribution in [0.1, 0.15) is 41.0 Å². The first-order chi connectivity index (χ1) is 13.7. The number of nitrogens with one attached hydrogen (secondary N) is 3. The summed E-state index contributed by atoms with van der Waals surface area (Å²) < 4.78 is 0. The molecule has 154 valence electrons. The molecule has 3 amide bonds. The van der Waals surface area contributed by atoms with Crippen LogP contribution in [0.15, 0.2) is 42.5 Å².